The van der Waals surface area contributed by atoms with Gasteiger partial charge in [-0.25, -0.2) is 0 Å². The van der Waals surface area contributed by atoms with Gasteiger partial charge in [0.1, 0.15) is 6.73 Å². The molecule has 0 bridgehead atoms. The van der Waals surface area contributed by atoms with Crippen LogP contribution in [0.25, 0.3) is 0 Å². The summed E-state index contributed by atoms with van der Waals surface area (Å²) >= 11 is 0. The molecular formula is C17H35NO4. The highest BCUT2D eigenvalue weighted by Crippen LogP contribution is 2.10. The van der Waals surface area contributed by atoms with Crippen molar-refractivity contribution in [3.8, 4) is 0 Å². The minimum absolute atomic E-state index is 0.00416. The van der Waals surface area contributed by atoms with E-state index in [0.29, 0.717) is 19.5 Å². The maximum atomic E-state index is 11.6. The summed E-state index contributed by atoms with van der Waals surface area (Å²) in [6.07, 6.45) is 11.5. The van der Waals surface area contributed by atoms with Crippen molar-refractivity contribution < 1.29 is 19.7 Å². The van der Waals surface area contributed by atoms with Gasteiger partial charge in [0.25, 0.3) is 0 Å². The number of nitrogens with zero attached hydrogens (tertiary/aromatic N) is 1. The molecule has 0 radical (unpaired) electrons. The van der Waals surface area contributed by atoms with Gasteiger partial charge in [-0.1, -0.05) is 58.3 Å². The summed E-state index contributed by atoms with van der Waals surface area (Å²) in [7, 11) is 0. The van der Waals surface area contributed by atoms with Gasteiger partial charge in [-0.15, -0.1) is 0 Å². The molecule has 0 unspecified atom stereocenters. The molecule has 0 aliphatic carbocycles. The van der Waals surface area contributed by atoms with Crippen molar-refractivity contribution in [2.45, 2.75) is 71.1 Å². The van der Waals surface area contributed by atoms with Crippen molar-refractivity contribution in [3.63, 3.8) is 0 Å². The molecule has 5 nitrogen and oxygen atoms in total. The third-order valence-electron chi connectivity index (χ3n) is 3.73. The maximum absolute atomic E-state index is 11.6. The van der Waals surface area contributed by atoms with E-state index in [4.69, 9.17) is 14.9 Å². The molecule has 0 fully saturated rings. The van der Waals surface area contributed by atoms with Crippen molar-refractivity contribution in [1.82, 2.24) is 4.90 Å². The summed E-state index contributed by atoms with van der Waals surface area (Å²) in [4.78, 5) is 13.3. The van der Waals surface area contributed by atoms with Gasteiger partial charge in [0.2, 0.25) is 0 Å². The van der Waals surface area contributed by atoms with Crippen molar-refractivity contribution in [3.05, 3.63) is 0 Å². The zero-order chi connectivity index (χ0) is 16.5. The minimum Gasteiger partial charge on any atom is -0.449 e. The zero-order valence-corrected chi connectivity index (χ0v) is 14.3. The minimum atomic E-state index is -0.191. The first-order chi connectivity index (χ1) is 10.7. The molecule has 0 amide bonds. The molecule has 0 aromatic heterocycles. The van der Waals surface area contributed by atoms with Crippen LogP contribution in [0.5, 0.6) is 0 Å². The van der Waals surface area contributed by atoms with Gasteiger partial charge in [0.15, 0.2) is 0 Å². The second-order valence-corrected chi connectivity index (χ2v) is 5.79. The molecule has 0 saturated carbocycles. The van der Waals surface area contributed by atoms with Crippen molar-refractivity contribution in [2.75, 3.05) is 33.0 Å². The zero-order valence-electron chi connectivity index (χ0n) is 14.3. The molecule has 5 heteroatoms. The number of aliphatic hydroxyl groups excluding tert-OH is 2. The van der Waals surface area contributed by atoms with Crippen molar-refractivity contribution in [2.24, 2.45) is 0 Å². The number of unbranched alkanes of at least 4 members (excludes halogenated alkanes) is 8. The summed E-state index contributed by atoms with van der Waals surface area (Å²) in [6, 6.07) is 0. The number of esters is 1. The standard InChI is InChI=1S/C17H35NO4/c1-2-3-4-5-6-7-8-9-10-11-17(21)22-16-18(12-14-19)13-15-20/h19-20H,2-16H2,1H3. The van der Waals surface area contributed by atoms with Gasteiger partial charge in [-0.2, -0.15) is 0 Å². The number of carbonyl (C=O) groups is 1. The lowest BCUT2D eigenvalue weighted by Gasteiger charge is -2.19. The molecule has 0 saturated heterocycles. The fourth-order valence-corrected chi connectivity index (χ4v) is 2.34. The van der Waals surface area contributed by atoms with Gasteiger partial charge in [-0.05, 0) is 6.42 Å². The summed E-state index contributed by atoms with van der Waals surface area (Å²) < 4.78 is 5.15. The third kappa shape index (κ3) is 14.3. The van der Waals surface area contributed by atoms with Crippen LogP contribution >= 0.6 is 0 Å². The quantitative estimate of drug-likeness (QED) is 0.260. The van der Waals surface area contributed by atoms with Crippen LogP contribution in [0, 0.1) is 0 Å². The monoisotopic (exact) mass is 317 g/mol. The molecule has 132 valence electrons. The lowest BCUT2D eigenvalue weighted by Crippen LogP contribution is -2.33. The van der Waals surface area contributed by atoms with Gasteiger partial charge < -0.3 is 14.9 Å². The van der Waals surface area contributed by atoms with E-state index in [1.165, 1.54) is 44.9 Å². The van der Waals surface area contributed by atoms with Crippen LogP contribution in [-0.2, 0) is 9.53 Å². The first-order valence-electron chi connectivity index (χ1n) is 8.84. The third-order valence-corrected chi connectivity index (χ3v) is 3.73. The number of carbonyl (C=O) groups excluding carboxylic acids is 1. The van der Waals surface area contributed by atoms with E-state index in [9.17, 15) is 4.79 Å². The molecular weight excluding hydrogens is 282 g/mol. The van der Waals surface area contributed by atoms with E-state index < -0.39 is 0 Å². The molecule has 0 aromatic carbocycles. The molecule has 0 spiro atoms. The molecule has 0 atom stereocenters. The van der Waals surface area contributed by atoms with Crippen LogP contribution in [0.4, 0.5) is 0 Å². The number of hydrogen-bond donors (Lipinski definition) is 2. The summed E-state index contributed by atoms with van der Waals surface area (Å²) in [5.74, 6) is -0.191. The van der Waals surface area contributed by atoms with Crippen molar-refractivity contribution >= 4 is 5.97 Å². The molecule has 0 rings (SSSR count). The van der Waals surface area contributed by atoms with E-state index in [2.05, 4.69) is 6.92 Å². The molecule has 0 aliphatic rings. The number of rotatable bonds is 16. The van der Waals surface area contributed by atoms with Gasteiger partial charge in [0, 0.05) is 19.5 Å². The SMILES string of the molecule is CCCCCCCCCCCC(=O)OCN(CCO)CCO. The largest absolute Gasteiger partial charge is 0.449 e. The normalized spacial score (nSPS) is 11.1. The summed E-state index contributed by atoms with van der Waals surface area (Å²) in [5, 5.41) is 17.7. The van der Waals surface area contributed by atoms with Crippen molar-refractivity contribution in [1.29, 1.82) is 0 Å². The van der Waals surface area contributed by atoms with E-state index >= 15 is 0 Å². The topological polar surface area (TPSA) is 70.0 Å². The van der Waals surface area contributed by atoms with Gasteiger partial charge in [-0.3, -0.25) is 9.69 Å². The Bertz CT molecular complexity index is 243. The Morgan fingerprint density at radius 3 is 1.86 bits per heavy atom. The fraction of sp³-hybridized carbons (Fsp3) is 0.941. The highest BCUT2D eigenvalue weighted by molar-refractivity contribution is 5.69. The Balaban J connectivity index is 3.41. The molecule has 22 heavy (non-hydrogen) atoms. The average Bonchev–Trinajstić information content (AvgIpc) is 2.51. The lowest BCUT2D eigenvalue weighted by molar-refractivity contribution is -0.149. The second kappa shape index (κ2) is 16.7. The first kappa shape index (κ1) is 21.4. The Morgan fingerprint density at radius 2 is 1.36 bits per heavy atom. The van der Waals surface area contributed by atoms with Crippen LogP contribution in [-0.4, -0.2) is 54.1 Å². The van der Waals surface area contributed by atoms with E-state index in [1.54, 1.807) is 4.90 Å². The van der Waals surface area contributed by atoms with E-state index in [-0.39, 0.29) is 25.9 Å². The maximum Gasteiger partial charge on any atom is 0.307 e. The average molecular weight is 317 g/mol. The van der Waals surface area contributed by atoms with E-state index in [1.807, 2.05) is 0 Å². The van der Waals surface area contributed by atoms with Crippen LogP contribution in [0.3, 0.4) is 0 Å². The second-order valence-electron chi connectivity index (χ2n) is 5.79. The lowest BCUT2D eigenvalue weighted by atomic mass is 10.1. The molecule has 2 N–H and O–H groups in total. The Labute approximate surface area is 135 Å². The highest BCUT2D eigenvalue weighted by atomic mass is 16.5. The predicted molar refractivity (Wildman–Crippen MR) is 88.5 cm³/mol. The van der Waals surface area contributed by atoms with Crippen LogP contribution < -0.4 is 0 Å². The first-order valence-corrected chi connectivity index (χ1v) is 8.84. The molecule has 0 aromatic rings. The number of aliphatic hydroxyl groups is 2. The summed E-state index contributed by atoms with van der Waals surface area (Å²) in [5.41, 5.74) is 0. The van der Waals surface area contributed by atoms with Gasteiger partial charge in [0.05, 0.1) is 13.2 Å². The smallest absolute Gasteiger partial charge is 0.307 e. The Kier molecular flexibility index (Phi) is 16.2. The van der Waals surface area contributed by atoms with Gasteiger partial charge >= 0.3 is 5.97 Å². The summed E-state index contributed by atoms with van der Waals surface area (Å²) in [6.45, 7) is 3.19. The predicted octanol–water partition coefficient (Wildman–Crippen LogP) is 2.69. The molecule has 0 aliphatic heterocycles. The Hall–Kier alpha value is -0.650. The van der Waals surface area contributed by atoms with Crippen LogP contribution in [0.1, 0.15) is 71.1 Å². The number of hydrogen-bond acceptors (Lipinski definition) is 5. The Morgan fingerprint density at radius 1 is 0.864 bits per heavy atom. The van der Waals surface area contributed by atoms with E-state index in [0.717, 1.165) is 12.8 Å². The van der Waals surface area contributed by atoms with Crippen LogP contribution in [0.15, 0.2) is 0 Å². The van der Waals surface area contributed by atoms with Crippen LogP contribution in [0.2, 0.25) is 0 Å². The number of ether oxygens (including phenoxy) is 1. The molecule has 0 heterocycles. The fourth-order valence-electron chi connectivity index (χ4n) is 2.34. The highest BCUT2D eigenvalue weighted by Gasteiger charge is 2.07.